The summed E-state index contributed by atoms with van der Waals surface area (Å²) < 4.78 is 0. The molecule has 7 heteroatoms. The number of aryl methyl sites for hydroxylation is 2. The Labute approximate surface area is 170 Å². The summed E-state index contributed by atoms with van der Waals surface area (Å²) in [6, 6.07) is 9.04. The third kappa shape index (κ3) is 5.40. The molecule has 0 bridgehead atoms. The van der Waals surface area contributed by atoms with E-state index in [9.17, 15) is 14.4 Å². The van der Waals surface area contributed by atoms with Crippen LogP contribution < -0.4 is 10.6 Å². The number of pyridine rings is 1. The summed E-state index contributed by atoms with van der Waals surface area (Å²) in [5.74, 6) is -1.09. The van der Waals surface area contributed by atoms with E-state index in [0.717, 1.165) is 24.0 Å². The maximum Gasteiger partial charge on any atom is 0.313 e. The fraction of sp³-hybridized carbons (Fsp3) is 0.364. The van der Waals surface area contributed by atoms with Gasteiger partial charge in [0.15, 0.2) is 0 Å². The van der Waals surface area contributed by atoms with Crippen LogP contribution in [0.2, 0.25) is 0 Å². The first-order valence-electron chi connectivity index (χ1n) is 9.80. The number of nitrogens with one attached hydrogen (secondary N) is 2. The fourth-order valence-corrected chi connectivity index (χ4v) is 3.34. The molecular formula is C22H26N4O3. The Balaban J connectivity index is 1.42. The molecule has 2 N–H and O–H groups in total. The van der Waals surface area contributed by atoms with Gasteiger partial charge in [-0.15, -0.1) is 0 Å². The number of anilines is 1. The number of hydrogen-bond acceptors (Lipinski definition) is 4. The van der Waals surface area contributed by atoms with Gasteiger partial charge in [0, 0.05) is 37.7 Å². The first-order valence-corrected chi connectivity index (χ1v) is 9.80. The number of likely N-dealkylation sites (tertiary alicyclic amines) is 1. The van der Waals surface area contributed by atoms with Crippen molar-refractivity contribution >= 4 is 23.4 Å². The monoisotopic (exact) mass is 394 g/mol. The van der Waals surface area contributed by atoms with Crippen molar-refractivity contribution in [2.24, 2.45) is 5.92 Å². The highest BCUT2D eigenvalue weighted by Crippen LogP contribution is 2.18. The van der Waals surface area contributed by atoms with Crippen LogP contribution >= 0.6 is 0 Å². The van der Waals surface area contributed by atoms with Crippen LogP contribution in [0.3, 0.4) is 0 Å². The molecule has 7 nitrogen and oxygen atoms in total. The smallest absolute Gasteiger partial charge is 0.313 e. The molecule has 152 valence electrons. The highest BCUT2D eigenvalue weighted by molar-refractivity contribution is 6.39. The van der Waals surface area contributed by atoms with Crippen LogP contribution in [0, 0.1) is 19.8 Å². The molecule has 0 atom stereocenters. The normalized spacial score (nSPS) is 14.3. The largest absolute Gasteiger partial charge is 0.348 e. The average Bonchev–Trinajstić information content (AvgIpc) is 2.75. The van der Waals surface area contributed by atoms with Crippen molar-refractivity contribution in [2.75, 3.05) is 25.0 Å². The van der Waals surface area contributed by atoms with Gasteiger partial charge < -0.3 is 15.5 Å². The van der Waals surface area contributed by atoms with Gasteiger partial charge in [0.25, 0.3) is 5.91 Å². The van der Waals surface area contributed by atoms with Crippen molar-refractivity contribution < 1.29 is 14.4 Å². The van der Waals surface area contributed by atoms with E-state index in [1.54, 1.807) is 30.6 Å². The third-order valence-electron chi connectivity index (χ3n) is 5.33. The number of carbonyl (C=O) groups is 3. The van der Waals surface area contributed by atoms with Gasteiger partial charge in [-0.25, -0.2) is 0 Å². The van der Waals surface area contributed by atoms with E-state index in [2.05, 4.69) is 15.6 Å². The summed E-state index contributed by atoms with van der Waals surface area (Å²) >= 11 is 0. The number of aromatic nitrogens is 1. The molecule has 3 amide bonds. The third-order valence-corrected chi connectivity index (χ3v) is 5.33. The van der Waals surface area contributed by atoms with E-state index in [0.29, 0.717) is 30.9 Å². The summed E-state index contributed by atoms with van der Waals surface area (Å²) in [5.41, 5.74) is 3.37. The summed E-state index contributed by atoms with van der Waals surface area (Å²) in [7, 11) is 0. The van der Waals surface area contributed by atoms with Gasteiger partial charge >= 0.3 is 11.8 Å². The molecule has 0 unspecified atom stereocenters. The van der Waals surface area contributed by atoms with Gasteiger partial charge in [0.05, 0.1) is 5.56 Å². The van der Waals surface area contributed by atoms with Gasteiger partial charge in [-0.2, -0.15) is 0 Å². The number of piperidine rings is 1. The molecule has 1 fully saturated rings. The van der Waals surface area contributed by atoms with Crippen molar-refractivity contribution in [2.45, 2.75) is 26.7 Å². The van der Waals surface area contributed by atoms with E-state index in [-0.39, 0.29) is 11.8 Å². The maximum absolute atomic E-state index is 12.4. The minimum Gasteiger partial charge on any atom is -0.348 e. The number of hydrogen-bond donors (Lipinski definition) is 2. The lowest BCUT2D eigenvalue weighted by Crippen LogP contribution is -2.43. The number of benzene rings is 1. The van der Waals surface area contributed by atoms with Crippen LogP contribution in [0.1, 0.15) is 34.3 Å². The first kappa shape index (κ1) is 20.5. The lowest BCUT2D eigenvalue weighted by molar-refractivity contribution is -0.136. The van der Waals surface area contributed by atoms with Crippen molar-refractivity contribution in [3.05, 3.63) is 59.4 Å². The van der Waals surface area contributed by atoms with Crippen LogP contribution in [0.25, 0.3) is 0 Å². The molecule has 2 aromatic rings. The lowest BCUT2D eigenvalue weighted by atomic mass is 9.96. The van der Waals surface area contributed by atoms with E-state index in [4.69, 9.17) is 0 Å². The van der Waals surface area contributed by atoms with Gasteiger partial charge in [0.1, 0.15) is 0 Å². The quantitative estimate of drug-likeness (QED) is 0.779. The Morgan fingerprint density at radius 1 is 1.07 bits per heavy atom. The number of amides is 3. The predicted molar refractivity (Wildman–Crippen MR) is 110 cm³/mol. The molecular weight excluding hydrogens is 368 g/mol. The first-order chi connectivity index (χ1) is 13.9. The molecule has 0 spiro atoms. The zero-order valence-electron chi connectivity index (χ0n) is 16.8. The standard InChI is InChI=1S/C22H26N4O3/c1-15-5-6-19(12-16(15)2)25-21(28)20(27)24-13-17-7-10-26(11-8-17)22(29)18-4-3-9-23-14-18/h3-6,9,12,14,17H,7-8,10-11,13H2,1-2H3,(H,24,27)(H,25,28). The molecule has 29 heavy (non-hydrogen) atoms. The van der Waals surface area contributed by atoms with E-state index < -0.39 is 11.8 Å². The van der Waals surface area contributed by atoms with Crippen LogP contribution in [0.15, 0.2) is 42.7 Å². The van der Waals surface area contributed by atoms with Crippen molar-refractivity contribution in [1.29, 1.82) is 0 Å². The highest BCUT2D eigenvalue weighted by atomic mass is 16.2. The zero-order chi connectivity index (χ0) is 20.8. The highest BCUT2D eigenvalue weighted by Gasteiger charge is 2.24. The topological polar surface area (TPSA) is 91.4 Å². The number of nitrogens with zero attached hydrogens (tertiary/aromatic N) is 2. The van der Waals surface area contributed by atoms with Gasteiger partial charge in [-0.3, -0.25) is 19.4 Å². The molecule has 1 aromatic carbocycles. The fourth-order valence-electron chi connectivity index (χ4n) is 3.34. The van der Waals surface area contributed by atoms with E-state index >= 15 is 0 Å². The molecule has 0 radical (unpaired) electrons. The second kappa shape index (κ2) is 9.32. The lowest BCUT2D eigenvalue weighted by Gasteiger charge is -2.32. The Hall–Kier alpha value is -3.22. The molecule has 1 aliphatic rings. The summed E-state index contributed by atoms with van der Waals surface area (Å²) in [6.45, 7) is 5.63. The summed E-state index contributed by atoms with van der Waals surface area (Å²) in [4.78, 5) is 42.4. The second-order valence-electron chi connectivity index (χ2n) is 7.44. The van der Waals surface area contributed by atoms with Gasteiger partial charge in [0.2, 0.25) is 0 Å². The molecule has 3 rings (SSSR count). The number of rotatable bonds is 4. The minimum atomic E-state index is -0.669. The summed E-state index contributed by atoms with van der Waals surface area (Å²) in [5, 5.41) is 5.34. The maximum atomic E-state index is 12.4. The van der Waals surface area contributed by atoms with Gasteiger partial charge in [-0.05, 0) is 68.0 Å². The number of carbonyl (C=O) groups excluding carboxylic acids is 3. The van der Waals surface area contributed by atoms with Crippen molar-refractivity contribution in [3.63, 3.8) is 0 Å². The van der Waals surface area contributed by atoms with Crippen LogP contribution in [-0.4, -0.2) is 47.2 Å². The van der Waals surface area contributed by atoms with Crippen molar-refractivity contribution in [3.8, 4) is 0 Å². The van der Waals surface area contributed by atoms with E-state index in [1.807, 2.05) is 30.9 Å². The zero-order valence-corrected chi connectivity index (χ0v) is 16.8. The second-order valence-corrected chi connectivity index (χ2v) is 7.44. The molecule has 1 saturated heterocycles. The molecule has 0 saturated carbocycles. The Morgan fingerprint density at radius 2 is 1.83 bits per heavy atom. The van der Waals surface area contributed by atoms with Crippen LogP contribution in [-0.2, 0) is 9.59 Å². The van der Waals surface area contributed by atoms with Crippen LogP contribution in [0.5, 0.6) is 0 Å². The predicted octanol–water partition coefficient (Wildman–Crippen LogP) is 2.31. The Kier molecular flexibility index (Phi) is 6.59. The average molecular weight is 394 g/mol. The SMILES string of the molecule is Cc1ccc(NC(=O)C(=O)NCC2CCN(C(=O)c3cccnc3)CC2)cc1C. The molecule has 1 aromatic heterocycles. The van der Waals surface area contributed by atoms with Crippen LogP contribution in [0.4, 0.5) is 5.69 Å². The molecule has 2 heterocycles. The summed E-state index contributed by atoms with van der Waals surface area (Å²) in [6.07, 6.45) is 4.78. The van der Waals surface area contributed by atoms with Gasteiger partial charge in [-0.1, -0.05) is 6.07 Å². The minimum absolute atomic E-state index is 0.0200. The Bertz CT molecular complexity index is 890. The van der Waals surface area contributed by atoms with Crippen molar-refractivity contribution in [1.82, 2.24) is 15.2 Å². The Morgan fingerprint density at radius 3 is 2.48 bits per heavy atom. The van der Waals surface area contributed by atoms with E-state index in [1.165, 1.54) is 0 Å². The molecule has 0 aliphatic carbocycles. The molecule has 1 aliphatic heterocycles.